The average Bonchev–Trinajstić information content (AvgIpc) is 3.01. The largest absolute Gasteiger partial charge is 0.346 e. The highest BCUT2D eigenvalue weighted by atomic mass is 16.7. The maximum absolute atomic E-state index is 5.49. The summed E-state index contributed by atoms with van der Waals surface area (Å²) in [6, 6.07) is 19.1. The first-order chi connectivity index (χ1) is 9.42. The van der Waals surface area contributed by atoms with E-state index in [4.69, 9.17) is 9.47 Å². The number of aryl methyl sites for hydroxylation is 2. The Bertz CT molecular complexity index is 499. The van der Waals surface area contributed by atoms with Crippen molar-refractivity contribution in [3.63, 3.8) is 0 Å². The van der Waals surface area contributed by atoms with E-state index in [0.717, 1.165) is 18.4 Å². The van der Waals surface area contributed by atoms with E-state index >= 15 is 0 Å². The van der Waals surface area contributed by atoms with Crippen molar-refractivity contribution in [2.45, 2.75) is 19.1 Å². The minimum absolute atomic E-state index is 0.164. The zero-order valence-corrected chi connectivity index (χ0v) is 10.9. The molecule has 3 rings (SSSR count). The Balaban J connectivity index is 1.60. The van der Waals surface area contributed by atoms with E-state index in [1.54, 1.807) is 0 Å². The molecule has 2 nitrogen and oxygen atoms in total. The smallest absolute Gasteiger partial charge is 0.184 e. The molecule has 2 heteroatoms. The Morgan fingerprint density at radius 2 is 1.32 bits per heavy atom. The van der Waals surface area contributed by atoms with Gasteiger partial charge in [-0.05, 0) is 24.0 Å². The van der Waals surface area contributed by atoms with Crippen LogP contribution in [0.5, 0.6) is 0 Å². The Labute approximate surface area is 114 Å². The molecule has 1 aliphatic heterocycles. The molecule has 1 fully saturated rings. The van der Waals surface area contributed by atoms with Gasteiger partial charge >= 0.3 is 0 Å². The van der Waals surface area contributed by atoms with Crippen molar-refractivity contribution in [2.75, 3.05) is 13.2 Å². The van der Waals surface area contributed by atoms with Gasteiger partial charge < -0.3 is 9.47 Å². The van der Waals surface area contributed by atoms with Crippen molar-refractivity contribution < 1.29 is 9.47 Å². The number of ether oxygens (including phenoxy) is 2. The van der Waals surface area contributed by atoms with Gasteiger partial charge in [0.1, 0.15) is 0 Å². The lowest BCUT2D eigenvalue weighted by Gasteiger charge is -2.10. The topological polar surface area (TPSA) is 18.5 Å². The molecule has 1 saturated heterocycles. The Kier molecular flexibility index (Phi) is 3.92. The predicted molar refractivity (Wildman–Crippen MR) is 74.9 cm³/mol. The van der Waals surface area contributed by atoms with Crippen molar-refractivity contribution in [3.8, 4) is 0 Å². The molecule has 98 valence electrons. The Morgan fingerprint density at radius 1 is 0.737 bits per heavy atom. The monoisotopic (exact) mass is 254 g/mol. The van der Waals surface area contributed by atoms with Gasteiger partial charge in [-0.1, -0.05) is 54.6 Å². The van der Waals surface area contributed by atoms with Gasteiger partial charge in [-0.3, -0.25) is 0 Å². The maximum atomic E-state index is 5.49. The number of benzene rings is 2. The second kappa shape index (κ2) is 6.00. The second-order valence-corrected chi connectivity index (χ2v) is 4.80. The van der Waals surface area contributed by atoms with Gasteiger partial charge in [-0.2, -0.15) is 0 Å². The maximum Gasteiger partial charge on any atom is 0.184 e. The van der Waals surface area contributed by atoms with E-state index in [9.17, 15) is 0 Å². The summed E-state index contributed by atoms with van der Waals surface area (Å²) in [4.78, 5) is 0. The van der Waals surface area contributed by atoms with Crippen molar-refractivity contribution in [1.82, 2.24) is 0 Å². The molecule has 0 atom stereocenters. The molecule has 0 spiro atoms. The summed E-state index contributed by atoms with van der Waals surface area (Å²) in [5.41, 5.74) is 3.85. The molecule has 1 aliphatic rings. The number of rotatable bonds is 4. The average molecular weight is 254 g/mol. The third kappa shape index (κ3) is 3.22. The third-order valence-electron chi connectivity index (χ3n) is 3.42. The van der Waals surface area contributed by atoms with Crippen LogP contribution in [-0.4, -0.2) is 13.2 Å². The van der Waals surface area contributed by atoms with Crippen LogP contribution in [0.1, 0.15) is 23.0 Å². The van der Waals surface area contributed by atoms with Crippen LogP contribution < -0.4 is 0 Å². The molecule has 0 aliphatic carbocycles. The molecule has 0 bridgehead atoms. The third-order valence-corrected chi connectivity index (χ3v) is 3.42. The molecule has 0 aromatic heterocycles. The summed E-state index contributed by atoms with van der Waals surface area (Å²) in [6.45, 7) is 1.39. The van der Waals surface area contributed by atoms with Gasteiger partial charge in [0.15, 0.2) is 6.29 Å². The van der Waals surface area contributed by atoms with E-state index < -0.39 is 0 Å². The lowest BCUT2D eigenvalue weighted by Crippen LogP contribution is -1.98. The highest BCUT2D eigenvalue weighted by Crippen LogP contribution is 2.23. The first kappa shape index (κ1) is 12.4. The molecule has 2 aromatic rings. The summed E-state index contributed by atoms with van der Waals surface area (Å²) in [6.07, 6.45) is 1.98. The SMILES string of the molecule is c1ccc(CCc2ccc(C3OCCO3)cc2)cc1. The van der Waals surface area contributed by atoms with Crippen molar-refractivity contribution in [1.29, 1.82) is 0 Å². The van der Waals surface area contributed by atoms with Crippen LogP contribution in [0.4, 0.5) is 0 Å². The van der Waals surface area contributed by atoms with E-state index in [0.29, 0.717) is 13.2 Å². The molecule has 19 heavy (non-hydrogen) atoms. The summed E-state index contributed by atoms with van der Waals surface area (Å²) in [5.74, 6) is 0. The fraction of sp³-hybridized carbons (Fsp3) is 0.294. The van der Waals surface area contributed by atoms with E-state index in [1.165, 1.54) is 11.1 Å². The lowest BCUT2D eigenvalue weighted by atomic mass is 10.0. The lowest BCUT2D eigenvalue weighted by molar-refractivity contribution is -0.0441. The molecule has 0 radical (unpaired) electrons. The van der Waals surface area contributed by atoms with Crippen LogP contribution in [0.3, 0.4) is 0 Å². The van der Waals surface area contributed by atoms with Crippen molar-refractivity contribution in [2.24, 2.45) is 0 Å². The van der Waals surface area contributed by atoms with Crippen LogP contribution >= 0.6 is 0 Å². The van der Waals surface area contributed by atoms with Crippen LogP contribution in [-0.2, 0) is 22.3 Å². The normalized spacial score (nSPS) is 15.8. The summed E-state index contributed by atoms with van der Waals surface area (Å²) < 4.78 is 11.0. The second-order valence-electron chi connectivity index (χ2n) is 4.80. The first-order valence-electron chi connectivity index (χ1n) is 6.78. The minimum Gasteiger partial charge on any atom is -0.346 e. The zero-order chi connectivity index (χ0) is 12.9. The molecule has 0 saturated carbocycles. The van der Waals surface area contributed by atoms with E-state index in [2.05, 4.69) is 54.6 Å². The Morgan fingerprint density at radius 3 is 1.95 bits per heavy atom. The predicted octanol–water partition coefficient (Wildman–Crippen LogP) is 3.52. The molecular formula is C17H18O2. The minimum atomic E-state index is -0.164. The molecule has 2 aromatic carbocycles. The van der Waals surface area contributed by atoms with Crippen LogP contribution in [0, 0.1) is 0 Å². The fourth-order valence-corrected chi connectivity index (χ4v) is 2.33. The van der Waals surface area contributed by atoms with Crippen LogP contribution in [0.25, 0.3) is 0 Å². The summed E-state index contributed by atoms with van der Waals surface area (Å²) >= 11 is 0. The van der Waals surface area contributed by atoms with E-state index in [-0.39, 0.29) is 6.29 Å². The first-order valence-corrected chi connectivity index (χ1v) is 6.78. The highest BCUT2D eigenvalue weighted by Gasteiger charge is 2.17. The summed E-state index contributed by atoms with van der Waals surface area (Å²) in [7, 11) is 0. The van der Waals surface area contributed by atoms with Crippen molar-refractivity contribution in [3.05, 3.63) is 71.3 Å². The quantitative estimate of drug-likeness (QED) is 0.831. The number of hydrogen-bond donors (Lipinski definition) is 0. The van der Waals surface area contributed by atoms with Gasteiger partial charge in [-0.15, -0.1) is 0 Å². The van der Waals surface area contributed by atoms with Gasteiger partial charge in [0, 0.05) is 5.56 Å². The standard InChI is InChI=1S/C17H18O2/c1-2-4-14(5-3-1)6-7-15-8-10-16(11-9-15)17-18-12-13-19-17/h1-5,8-11,17H,6-7,12-13H2. The van der Waals surface area contributed by atoms with Gasteiger partial charge in [0.2, 0.25) is 0 Å². The molecule has 1 heterocycles. The van der Waals surface area contributed by atoms with Gasteiger partial charge in [0.05, 0.1) is 13.2 Å². The van der Waals surface area contributed by atoms with E-state index in [1.807, 2.05) is 0 Å². The molecule has 0 unspecified atom stereocenters. The fourth-order valence-electron chi connectivity index (χ4n) is 2.33. The van der Waals surface area contributed by atoms with Crippen molar-refractivity contribution >= 4 is 0 Å². The highest BCUT2D eigenvalue weighted by molar-refractivity contribution is 5.25. The van der Waals surface area contributed by atoms with Crippen LogP contribution in [0.15, 0.2) is 54.6 Å². The van der Waals surface area contributed by atoms with Crippen LogP contribution in [0.2, 0.25) is 0 Å². The number of hydrogen-bond acceptors (Lipinski definition) is 2. The van der Waals surface area contributed by atoms with Gasteiger partial charge in [-0.25, -0.2) is 0 Å². The summed E-state index contributed by atoms with van der Waals surface area (Å²) in [5, 5.41) is 0. The molecular weight excluding hydrogens is 236 g/mol. The Hall–Kier alpha value is -1.64. The molecule has 0 amide bonds. The zero-order valence-electron chi connectivity index (χ0n) is 10.9. The molecule has 0 N–H and O–H groups in total. The van der Waals surface area contributed by atoms with Gasteiger partial charge in [0.25, 0.3) is 0 Å².